The van der Waals surface area contributed by atoms with Gasteiger partial charge in [0.15, 0.2) is 12.4 Å². The smallest absolute Gasteiger partial charge is 0.221 e. The van der Waals surface area contributed by atoms with Crippen molar-refractivity contribution < 1.29 is 19.2 Å². The molecule has 3 N–H and O–H groups in total. The first-order chi connectivity index (χ1) is 22.9. The lowest BCUT2D eigenvalue weighted by molar-refractivity contribution is -0.697. The van der Waals surface area contributed by atoms with Crippen molar-refractivity contribution in [2.75, 3.05) is 64.9 Å². The number of hydrogen-bond donors (Lipinski definition) is 3. The summed E-state index contributed by atoms with van der Waals surface area (Å²) in [6.45, 7) is 5.76. The maximum absolute atomic E-state index is 12.3. The molecule has 1 aliphatic rings. The van der Waals surface area contributed by atoms with Gasteiger partial charge in [-0.15, -0.1) is 0 Å². The van der Waals surface area contributed by atoms with E-state index in [1.807, 2.05) is 44.4 Å². The number of rotatable bonds is 17. The van der Waals surface area contributed by atoms with Crippen molar-refractivity contribution in [1.82, 2.24) is 15.5 Å². The van der Waals surface area contributed by atoms with E-state index < -0.39 is 6.10 Å². The second-order valence-corrected chi connectivity index (χ2v) is 12.6. The van der Waals surface area contributed by atoms with Gasteiger partial charge in [0.1, 0.15) is 25.0 Å². The number of aliphatic hydroxyl groups excluding tert-OH is 1. The number of nitrogens with one attached hydrogen (secondary N) is 2. The standard InChI is InChI=1S/C39H49N5O3/c1-42(2)27-21-41-39(46)19-26-44-23-6-10-34-28-32(15-16-37(34)44)14-13-31-17-24-43(25-18-31)22-7-20-40-29-35(45)30-47-38-12-5-9-33-8-3-4-11-36(33)38/h3-5,8-9,11-18,24-25,28,35,40,45H,6-7,10,19-23,26-27,29-30H2,1-2H3/p+1. The van der Waals surface area contributed by atoms with Crippen molar-refractivity contribution in [2.24, 2.45) is 0 Å². The van der Waals surface area contributed by atoms with Gasteiger partial charge in [-0.25, -0.2) is 4.57 Å². The minimum absolute atomic E-state index is 0.119. The molecule has 0 saturated carbocycles. The highest BCUT2D eigenvalue weighted by Gasteiger charge is 2.18. The largest absolute Gasteiger partial charge is 0.490 e. The van der Waals surface area contributed by atoms with Crippen molar-refractivity contribution in [3.63, 3.8) is 0 Å². The Hall–Kier alpha value is -4.24. The number of hydrogen-bond acceptors (Lipinski definition) is 6. The molecular weight excluding hydrogens is 586 g/mol. The number of nitrogens with zero attached hydrogens (tertiary/aromatic N) is 3. The molecule has 0 saturated heterocycles. The third-order valence-corrected chi connectivity index (χ3v) is 8.52. The zero-order chi connectivity index (χ0) is 32.8. The van der Waals surface area contributed by atoms with Gasteiger partial charge in [-0.05, 0) is 67.2 Å². The van der Waals surface area contributed by atoms with Gasteiger partial charge in [-0.2, -0.15) is 0 Å². The number of pyridine rings is 1. The molecule has 1 aromatic heterocycles. The minimum Gasteiger partial charge on any atom is -0.490 e. The summed E-state index contributed by atoms with van der Waals surface area (Å²) in [5, 5.41) is 19.0. The Kier molecular flexibility index (Phi) is 12.8. The quantitative estimate of drug-likeness (QED) is 0.117. The molecule has 5 rings (SSSR count). The Labute approximate surface area is 279 Å². The SMILES string of the molecule is CN(C)CCNC(=O)CCN1CCCc2cc(C=Cc3cc[n+](CCCNCC(O)COc4cccc5ccccc45)cc3)ccc21. The summed E-state index contributed by atoms with van der Waals surface area (Å²) in [5.74, 6) is 0.922. The third kappa shape index (κ3) is 10.6. The summed E-state index contributed by atoms with van der Waals surface area (Å²) < 4.78 is 8.10. The Morgan fingerprint density at radius 1 is 1.02 bits per heavy atom. The molecule has 47 heavy (non-hydrogen) atoms. The second kappa shape index (κ2) is 17.6. The van der Waals surface area contributed by atoms with E-state index >= 15 is 0 Å². The van der Waals surface area contributed by atoms with Gasteiger partial charge in [0.05, 0.1) is 0 Å². The Morgan fingerprint density at radius 3 is 2.68 bits per heavy atom. The number of aryl methyl sites for hydroxylation is 2. The molecule has 248 valence electrons. The lowest BCUT2D eigenvalue weighted by atomic mass is 9.98. The van der Waals surface area contributed by atoms with Crippen molar-refractivity contribution in [1.29, 1.82) is 0 Å². The Bertz CT molecular complexity index is 1600. The van der Waals surface area contributed by atoms with E-state index in [2.05, 4.69) is 92.0 Å². The predicted octanol–water partition coefficient (Wildman–Crippen LogP) is 4.54. The lowest BCUT2D eigenvalue weighted by Gasteiger charge is -2.31. The Balaban J connectivity index is 1.00. The van der Waals surface area contributed by atoms with Gasteiger partial charge >= 0.3 is 0 Å². The number of fused-ring (bicyclic) bond motifs is 2. The molecular formula is C39H50N5O3+. The third-order valence-electron chi connectivity index (χ3n) is 8.52. The van der Waals surface area contributed by atoms with Gasteiger partial charge in [0.25, 0.3) is 0 Å². The summed E-state index contributed by atoms with van der Waals surface area (Å²) in [6.07, 6.45) is 11.7. The minimum atomic E-state index is -0.571. The van der Waals surface area contributed by atoms with Crippen LogP contribution in [-0.2, 0) is 17.8 Å². The number of carbonyl (C=O) groups is 1. The summed E-state index contributed by atoms with van der Waals surface area (Å²) in [5.41, 5.74) is 4.97. The van der Waals surface area contributed by atoms with Gasteiger partial charge in [-0.3, -0.25) is 4.79 Å². The van der Waals surface area contributed by atoms with Crippen LogP contribution in [0.1, 0.15) is 36.0 Å². The van der Waals surface area contributed by atoms with Crippen LogP contribution < -0.4 is 24.8 Å². The second-order valence-electron chi connectivity index (χ2n) is 12.6. The number of carbonyl (C=O) groups excluding carboxylic acids is 1. The van der Waals surface area contributed by atoms with Crippen molar-refractivity contribution in [3.8, 4) is 5.75 Å². The van der Waals surface area contributed by atoms with E-state index in [4.69, 9.17) is 4.74 Å². The zero-order valence-corrected chi connectivity index (χ0v) is 27.9. The number of aromatic nitrogens is 1. The Morgan fingerprint density at radius 2 is 1.83 bits per heavy atom. The van der Waals surface area contributed by atoms with Crippen LogP contribution >= 0.6 is 0 Å². The summed E-state index contributed by atoms with van der Waals surface area (Å²) in [7, 11) is 4.02. The molecule has 0 spiro atoms. The van der Waals surface area contributed by atoms with Crippen molar-refractivity contribution in [3.05, 3.63) is 102 Å². The number of anilines is 1. The highest BCUT2D eigenvalue weighted by Crippen LogP contribution is 2.29. The molecule has 1 amide bonds. The highest BCUT2D eigenvalue weighted by molar-refractivity contribution is 5.88. The lowest BCUT2D eigenvalue weighted by Crippen LogP contribution is -2.36. The van der Waals surface area contributed by atoms with E-state index in [-0.39, 0.29) is 12.5 Å². The fraction of sp³-hybridized carbons (Fsp3) is 0.385. The van der Waals surface area contributed by atoms with E-state index in [0.717, 1.165) is 74.1 Å². The predicted molar refractivity (Wildman–Crippen MR) is 192 cm³/mol. The molecule has 8 heteroatoms. The fourth-order valence-electron chi connectivity index (χ4n) is 5.92. The summed E-state index contributed by atoms with van der Waals surface area (Å²) in [4.78, 5) is 16.7. The molecule has 1 aliphatic heterocycles. The molecule has 0 radical (unpaired) electrons. The van der Waals surface area contributed by atoms with Crippen LogP contribution in [0.4, 0.5) is 5.69 Å². The zero-order valence-electron chi connectivity index (χ0n) is 27.9. The van der Waals surface area contributed by atoms with E-state index in [9.17, 15) is 9.90 Å². The topological polar surface area (TPSA) is 81.0 Å². The molecule has 0 bridgehead atoms. The van der Waals surface area contributed by atoms with Crippen LogP contribution in [-0.4, -0.2) is 82.0 Å². The number of ether oxygens (including phenoxy) is 1. The van der Waals surface area contributed by atoms with E-state index in [1.165, 1.54) is 16.8 Å². The van der Waals surface area contributed by atoms with Crippen molar-refractivity contribution >= 4 is 34.5 Å². The van der Waals surface area contributed by atoms with Gasteiger partial charge in [0, 0.05) is 75.3 Å². The van der Waals surface area contributed by atoms with Gasteiger partial charge in [-0.1, -0.05) is 54.6 Å². The van der Waals surface area contributed by atoms with Crippen LogP contribution in [0.5, 0.6) is 5.75 Å². The average molecular weight is 637 g/mol. The highest BCUT2D eigenvalue weighted by atomic mass is 16.5. The molecule has 4 aromatic rings. The van der Waals surface area contributed by atoms with Gasteiger partial charge in [0.2, 0.25) is 5.91 Å². The monoisotopic (exact) mass is 636 g/mol. The van der Waals surface area contributed by atoms with Crippen LogP contribution in [0.2, 0.25) is 0 Å². The number of amides is 1. The normalized spacial score (nSPS) is 13.7. The first-order valence-corrected chi connectivity index (χ1v) is 16.9. The molecule has 3 aromatic carbocycles. The summed E-state index contributed by atoms with van der Waals surface area (Å²) >= 11 is 0. The van der Waals surface area contributed by atoms with Crippen molar-refractivity contribution in [2.45, 2.75) is 38.3 Å². The van der Waals surface area contributed by atoms with Crippen LogP contribution in [0.15, 0.2) is 85.2 Å². The first-order valence-electron chi connectivity index (χ1n) is 16.9. The fourth-order valence-corrected chi connectivity index (χ4v) is 5.92. The number of likely N-dealkylation sites (N-methyl/N-ethyl adjacent to an activating group) is 1. The maximum Gasteiger partial charge on any atom is 0.221 e. The summed E-state index contributed by atoms with van der Waals surface area (Å²) in [6, 6.07) is 25.1. The maximum atomic E-state index is 12.3. The van der Waals surface area contributed by atoms with Gasteiger partial charge < -0.3 is 30.3 Å². The number of aliphatic hydroxyl groups is 1. The van der Waals surface area contributed by atoms with E-state index in [0.29, 0.717) is 19.5 Å². The molecule has 0 aliphatic carbocycles. The molecule has 8 nitrogen and oxygen atoms in total. The van der Waals surface area contributed by atoms with E-state index in [1.54, 1.807) is 0 Å². The van der Waals surface area contributed by atoms with Crippen LogP contribution in [0, 0.1) is 0 Å². The molecule has 0 fully saturated rings. The number of benzene rings is 3. The van der Waals surface area contributed by atoms with Crippen LogP contribution in [0.25, 0.3) is 22.9 Å². The first kappa shape index (κ1) is 34.1. The molecule has 1 unspecified atom stereocenters. The molecule has 2 heterocycles. The molecule has 1 atom stereocenters. The average Bonchev–Trinajstić information content (AvgIpc) is 3.09. The van der Waals surface area contributed by atoms with Crippen LogP contribution in [0.3, 0.4) is 0 Å².